The van der Waals surface area contributed by atoms with Crippen LogP contribution in [-0.4, -0.2) is 16.9 Å². The summed E-state index contributed by atoms with van der Waals surface area (Å²) in [5, 5.41) is 2.62. The number of thiocarbonyl (C=S) groups is 1. The van der Waals surface area contributed by atoms with Crippen LogP contribution in [0, 0.1) is 0 Å². The predicted molar refractivity (Wildman–Crippen MR) is 142 cm³/mol. The number of carbonyl (C=O) groups excluding carboxylic acids is 2. The van der Waals surface area contributed by atoms with Gasteiger partial charge in [-0.15, -0.1) is 0 Å². The number of para-hydroxylation sites is 2. The van der Waals surface area contributed by atoms with E-state index >= 15 is 0 Å². The summed E-state index contributed by atoms with van der Waals surface area (Å²) in [7, 11) is 0. The molecule has 0 aliphatic carbocycles. The topological polar surface area (TPSA) is 67.9 Å². The first kappa shape index (κ1) is 23.0. The average Bonchev–Trinajstić information content (AvgIpc) is 2.89. The molecule has 1 aliphatic heterocycles. The van der Waals surface area contributed by atoms with Gasteiger partial charge in [0.05, 0.1) is 5.69 Å². The lowest BCUT2D eigenvalue weighted by Gasteiger charge is -2.29. The molecule has 0 spiro atoms. The smallest absolute Gasteiger partial charge is 0.270 e. The Bertz CT molecular complexity index is 1450. The number of nitrogens with one attached hydrogen (secondary N) is 1. The maximum atomic E-state index is 13.3. The van der Waals surface area contributed by atoms with Crippen LogP contribution in [0.3, 0.4) is 0 Å². The second-order valence-electron chi connectivity index (χ2n) is 7.85. The van der Waals surface area contributed by atoms with Gasteiger partial charge in [-0.05, 0) is 84.5 Å². The molecule has 6 nitrogen and oxygen atoms in total. The standard InChI is InChI=1S/C29H20N2O4S/c32-27-26(19-20-8-7-13-25(18-20)35-23-11-5-2-6-12-23)28(33)31(29(36)30-27)21-14-16-24(17-15-21)34-22-9-3-1-4-10-22/h1-19H,(H,30,32,36). The SMILES string of the molecule is O=C1NC(=S)N(c2ccc(Oc3ccccc3)cc2)C(=O)C1=Cc1cccc(Oc2ccccc2)c1. The van der Waals surface area contributed by atoms with E-state index in [2.05, 4.69) is 5.32 Å². The third kappa shape index (κ3) is 5.16. The Morgan fingerprint density at radius 1 is 0.667 bits per heavy atom. The van der Waals surface area contributed by atoms with Crippen molar-refractivity contribution in [1.29, 1.82) is 0 Å². The molecule has 0 atom stereocenters. The summed E-state index contributed by atoms with van der Waals surface area (Å²) in [4.78, 5) is 27.3. The number of nitrogens with zero attached hydrogens (tertiary/aromatic N) is 1. The maximum absolute atomic E-state index is 13.3. The number of hydrogen-bond acceptors (Lipinski definition) is 5. The molecule has 36 heavy (non-hydrogen) atoms. The maximum Gasteiger partial charge on any atom is 0.270 e. The molecule has 2 amide bonds. The Labute approximate surface area is 213 Å². The van der Waals surface area contributed by atoms with E-state index in [1.54, 1.807) is 48.5 Å². The Morgan fingerprint density at radius 2 is 1.22 bits per heavy atom. The zero-order valence-corrected chi connectivity index (χ0v) is 19.8. The van der Waals surface area contributed by atoms with E-state index in [1.165, 1.54) is 11.0 Å². The molecule has 1 N–H and O–H groups in total. The van der Waals surface area contributed by atoms with Crippen molar-refractivity contribution in [3.8, 4) is 23.0 Å². The third-order valence-electron chi connectivity index (χ3n) is 5.32. The summed E-state index contributed by atoms with van der Waals surface area (Å²) in [5.41, 5.74) is 1.11. The summed E-state index contributed by atoms with van der Waals surface area (Å²) >= 11 is 5.31. The van der Waals surface area contributed by atoms with Crippen molar-refractivity contribution in [1.82, 2.24) is 5.32 Å². The normalized spacial score (nSPS) is 14.5. The van der Waals surface area contributed by atoms with Gasteiger partial charge in [-0.3, -0.25) is 19.8 Å². The van der Waals surface area contributed by atoms with Crippen LogP contribution in [0.25, 0.3) is 6.08 Å². The molecular weight excluding hydrogens is 472 g/mol. The highest BCUT2D eigenvalue weighted by Gasteiger charge is 2.34. The summed E-state index contributed by atoms with van der Waals surface area (Å²) in [5.74, 6) is 1.50. The van der Waals surface area contributed by atoms with Crippen molar-refractivity contribution in [2.45, 2.75) is 0 Å². The molecule has 0 radical (unpaired) electrons. The summed E-state index contributed by atoms with van der Waals surface area (Å²) in [6, 6.07) is 32.8. The van der Waals surface area contributed by atoms with Gasteiger partial charge in [0.2, 0.25) is 0 Å². The molecule has 176 valence electrons. The second kappa shape index (κ2) is 10.2. The molecule has 4 aromatic rings. The van der Waals surface area contributed by atoms with Gasteiger partial charge in [0.25, 0.3) is 11.8 Å². The second-order valence-corrected chi connectivity index (χ2v) is 8.24. The zero-order valence-electron chi connectivity index (χ0n) is 19.0. The first-order valence-electron chi connectivity index (χ1n) is 11.1. The molecule has 0 saturated carbocycles. The summed E-state index contributed by atoms with van der Waals surface area (Å²) in [6.07, 6.45) is 1.52. The number of rotatable bonds is 6. The monoisotopic (exact) mass is 492 g/mol. The van der Waals surface area contributed by atoms with Gasteiger partial charge in [-0.1, -0.05) is 48.5 Å². The number of carbonyl (C=O) groups is 2. The molecule has 0 unspecified atom stereocenters. The Morgan fingerprint density at radius 3 is 1.86 bits per heavy atom. The van der Waals surface area contributed by atoms with Crippen molar-refractivity contribution < 1.29 is 19.1 Å². The first-order chi connectivity index (χ1) is 17.6. The van der Waals surface area contributed by atoms with E-state index in [1.807, 2.05) is 60.7 Å². The van der Waals surface area contributed by atoms with Crippen molar-refractivity contribution in [2.24, 2.45) is 0 Å². The Balaban J connectivity index is 1.38. The lowest BCUT2D eigenvalue weighted by molar-refractivity contribution is -0.122. The van der Waals surface area contributed by atoms with Crippen LogP contribution < -0.4 is 19.7 Å². The zero-order chi connectivity index (χ0) is 24.9. The first-order valence-corrected chi connectivity index (χ1v) is 11.5. The van der Waals surface area contributed by atoms with Crippen molar-refractivity contribution in [2.75, 3.05) is 4.90 Å². The third-order valence-corrected chi connectivity index (χ3v) is 5.61. The fourth-order valence-electron chi connectivity index (χ4n) is 3.64. The molecule has 1 fully saturated rings. The highest BCUT2D eigenvalue weighted by Crippen LogP contribution is 2.28. The van der Waals surface area contributed by atoms with E-state index in [0.29, 0.717) is 34.2 Å². The molecule has 1 aliphatic rings. The number of anilines is 1. The van der Waals surface area contributed by atoms with E-state index in [-0.39, 0.29) is 10.7 Å². The minimum Gasteiger partial charge on any atom is -0.457 e. The molecule has 1 saturated heterocycles. The lowest BCUT2D eigenvalue weighted by Crippen LogP contribution is -2.54. The van der Waals surface area contributed by atoms with E-state index < -0.39 is 11.8 Å². The average molecular weight is 493 g/mol. The highest BCUT2D eigenvalue weighted by atomic mass is 32.1. The van der Waals surface area contributed by atoms with Gasteiger partial charge in [0.15, 0.2) is 5.11 Å². The molecular formula is C29H20N2O4S. The van der Waals surface area contributed by atoms with Gasteiger partial charge in [0, 0.05) is 0 Å². The van der Waals surface area contributed by atoms with Crippen molar-refractivity contribution >= 4 is 40.9 Å². The van der Waals surface area contributed by atoms with Gasteiger partial charge < -0.3 is 9.47 Å². The largest absolute Gasteiger partial charge is 0.457 e. The van der Waals surface area contributed by atoms with E-state index in [9.17, 15) is 9.59 Å². The van der Waals surface area contributed by atoms with Gasteiger partial charge in [-0.2, -0.15) is 0 Å². The molecule has 0 aromatic heterocycles. The lowest BCUT2D eigenvalue weighted by atomic mass is 10.1. The molecule has 7 heteroatoms. The Kier molecular flexibility index (Phi) is 6.55. The minimum atomic E-state index is -0.556. The van der Waals surface area contributed by atoms with Crippen LogP contribution in [0.5, 0.6) is 23.0 Å². The van der Waals surface area contributed by atoms with Gasteiger partial charge in [0.1, 0.15) is 28.6 Å². The molecule has 1 heterocycles. The fraction of sp³-hybridized carbons (Fsp3) is 0. The number of benzene rings is 4. The predicted octanol–water partition coefficient (Wildman–Crippen LogP) is 6.10. The molecule has 5 rings (SSSR count). The van der Waals surface area contributed by atoms with E-state index in [4.69, 9.17) is 21.7 Å². The van der Waals surface area contributed by atoms with Crippen LogP contribution in [-0.2, 0) is 9.59 Å². The van der Waals surface area contributed by atoms with E-state index in [0.717, 1.165) is 0 Å². The van der Waals surface area contributed by atoms with Gasteiger partial charge in [-0.25, -0.2) is 0 Å². The quantitative estimate of drug-likeness (QED) is 0.200. The van der Waals surface area contributed by atoms with Crippen LogP contribution in [0.2, 0.25) is 0 Å². The fourth-order valence-corrected chi connectivity index (χ4v) is 3.92. The summed E-state index contributed by atoms with van der Waals surface area (Å²) < 4.78 is 11.7. The van der Waals surface area contributed by atoms with Crippen LogP contribution in [0.1, 0.15) is 5.56 Å². The van der Waals surface area contributed by atoms with Crippen LogP contribution >= 0.6 is 12.2 Å². The van der Waals surface area contributed by atoms with Crippen LogP contribution in [0.4, 0.5) is 5.69 Å². The number of amides is 2. The van der Waals surface area contributed by atoms with Crippen LogP contribution in [0.15, 0.2) is 115 Å². The number of ether oxygens (including phenoxy) is 2. The van der Waals surface area contributed by atoms with Crippen molar-refractivity contribution in [3.63, 3.8) is 0 Å². The van der Waals surface area contributed by atoms with Gasteiger partial charge >= 0.3 is 0 Å². The Hall–Kier alpha value is -4.75. The number of hydrogen-bond donors (Lipinski definition) is 1. The highest BCUT2D eigenvalue weighted by molar-refractivity contribution is 7.80. The minimum absolute atomic E-state index is 0.0139. The molecule has 0 bridgehead atoms. The summed E-state index contributed by atoms with van der Waals surface area (Å²) in [6.45, 7) is 0. The molecule has 4 aromatic carbocycles. The van der Waals surface area contributed by atoms with Crippen molar-refractivity contribution in [3.05, 3.63) is 120 Å².